The maximum absolute atomic E-state index is 12.2. The summed E-state index contributed by atoms with van der Waals surface area (Å²) >= 11 is 1.01. The van der Waals surface area contributed by atoms with Crippen LogP contribution in [0.25, 0.3) is 16.1 Å². The van der Waals surface area contributed by atoms with E-state index >= 15 is 0 Å². The van der Waals surface area contributed by atoms with E-state index in [1.165, 1.54) is 6.07 Å². The third kappa shape index (κ3) is 4.14. The third-order valence-corrected chi connectivity index (χ3v) is 4.97. The van der Waals surface area contributed by atoms with Gasteiger partial charge in [0.25, 0.3) is 5.91 Å². The molecule has 3 heterocycles. The standard InChI is InChI=1S/C17H14F3N5O2S/c18-17(19,20)8-21-16(27)11-5-12(28-24-11)10-3-4-14-22-13(7-25(14)6-10)23-15(26)9-1-2-9/h3-7,9H,1-2,8H2,(H,21,27)(H,23,26). The van der Waals surface area contributed by atoms with E-state index in [1.54, 1.807) is 34.2 Å². The van der Waals surface area contributed by atoms with Crippen LogP contribution in [0.4, 0.5) is 19.0 Å². The quantitative estimate of drug-likeness (QED) is 0.678. The molecule has 4 rings (SSSR count). The van der Waals surface area contributed by atoms with E-state index in [-0.39, 0.29) is 17.5 Å². The van der Waals surface area contributed by atoms with Crippen LogP contribution in [0.1, 0.15) is 23.3 Å². The van der Waals surface area contributed by atoms with Gasteiger partial charge in [0.15, 0.2) is 5.82 Å². The second-order valence-electron chi connectivity index (χ2n) is 6.45. The number of rotatable bonds is 5. The van der Waals surface area contributed by atoms with Crippen LogP contribution in [0, 0.1) is 5.92 Å². The van der Waals surface area contributed by atoms with Gasteiger partial charge in [-0.1, -0.05) is 0 Å². The van der Waals surface area contributed by atoms with Crippen LogP contribution in [0.5, 0.6) is 0 Å². The number of fused-ring (bicyclic) bond motifs is 1. The first kappa shape index (κ1) is 18.4. The van der Waals surface area contributed by atoms with E-state index in [9.17, 15) is 22.8 Å². The number of hydrogen-bond donors (Lipinski definition) is 2. The molecule has 0 spiro atoms. The monoisotopic (exact) mass is 409 g/mol. The number of anilines is 1. The van der Waals surface area contributed by atoms with Crippen LogP contribution in [-0.2, 0) is 4.79 Å². The smallest absolute Gasteiger partial charge is 0.342 e. The normalized spacial score (nSPS) is 14.2. The molecule has 0 saturated heterocycles. The molecule has 0 atom stereocenters. The second kappa shape index (κ2) is 6.89. The predicted octanol–water partition coefficient (Wildman–Crippen LogP) is 3.10. The molecule has 0 aliphatic heterocycles. The van der Waals surface area contributed by atoms with Crippen molar-refractivity contribution < 1.29 is 22.8 Å². The maximum Gasteiger partial charge on any atom is 0.405 e. The second-order valence-corrected chi connectivity index (χ2v) is 7.25. The summed E-state index contributed by atoms with van der Waals surface area (Å²) in [6.07, 6.45) is 0.742. The minimum absolute atomic E-state index is 0.0411. The highest BCUT2D eigenvalue weighted by Crippen LogP contribution is 2.30. The number of carbonyl (C=O) groups is 2. The lowest BCUT2D eigenvalue weighted by Gasteiger charge is -2.06. The number of hydrogen-bond acceptors (Lipinski definition) is 5. The lowest BCUT2D eigenvalue weighted by molar-refractivity contribution is -0.123. The lowest BCUT2D eigenvalue weighted by atomic mass is 10.2. The van der Waals surface area contributed by atoms with Crippen molar-refractivity contribution in [2.45, 2.75) is 19.0 Å². The summed E-state index contributed by atoms with van der Waals surface area (Å²) in [6, 6.07) is 4.94. The highest BCUT2D eigenvalue weighted by molar-refractivity contribution is 7.09. The molecule has 1 aliphatic rings. The van der Waals surface area contributed by atoms with Crippen molar-refractivity contribution in [2.24, 2.45) is 5.92 Å². The van der Waals surface area contributed by atoms with Gasteiger partial charge in [0.05, 0.1) is 11.1 Å². The van der Waals surface area contributed by atoms with Gasteiger partial charge in [-0.25, -0.2) is 4.98 Å². The first-order valence-corrected chi connectivity index (χ1v) is 9.17. The van der Waals surface area contributed by atoms with Crippen molar-refractivity contribution in [2.75, 3.05) is 11.9 Å². The maximum atomic E-state index is 12.2. The predicted molar refractivity (Wildman–Crippen MR) is 96.0 cm³/mol. The average molecular weight is 409 g/mol. The van der Waals surface area contributed by atoms with Crippen LogP contribution in [0.3, 0.4) is 0 Å². The van der Waals surface area contributed by atoms with Crippen molar-refractivity contribution in [3.8, 4) is 10.4 Å². The van der Waals surface area contributed by atoms with Crippen LogP contribution in [0.2, 0.25) is 0 Å². The molecule has 0 radical (unpaired) electrons. The van der Waals surface area contributed by atoms with E-state index in [0.29, 0.717) is 16.3 Å². The number of nitrogens with zero attached hydrogens (tertiary/aromatic N) is 3. The molecule has 0 bridgehead atoms. The van der Waals surface area contributed by atoms with Gasteiger partial charge >= 0.3 is 6.18 Å². The minimum Gasteiger partial charge on any atom is -0.342 e. The Balaban J connectivity index is 1.50. The zero-order valence-electron chi connectivity index (χ0n) is 14.3. The molecule has 3 aromatic heterocycles. The summed E-state index contributed by atoms with van der Waals surface area (Å²) in [7, 11) is 0. The summed E-state index contributed by atoms with van der Waals surface area (Å²) in [5.74, 6) is -0.403. The van der Waals surface area contributed by atoms with Gasteiger partial charge < -0.3 is 15.0 Å². The summed E-state index contributed by atoms with van der Waals surface area (Å²) < 4.78 is 42.3. The fourth-order valence-electron chi connectivity index (χ4n) is 2.56. The van der Waals surface area contributed by atoms with Crippen LogP contribution in [0.15, 0.2) is 30.6 Å². The minimum atomic E-state index is -4.48. The van der Waals surface area contributed by atoms with Crippen molar-refractivity contribution >= 4 is 34.8 Å². The van der Waals surface area contributed by atoms with E-state index < -0.39 is 18.6 Å². The first-order valence-electron chi connectivity index (χ1n) is 8.40. The van der Waals surface area contributed by atoms with Gasteiger partial charge in [0.1, 0.15) is 17.9 Å². The topological polar surface area (TPSA) is 88.4 Å². The number of carbonyl (C=O) groups excluding carboxylic acids is 2. The van der Waals surface area contributed by atoms with E-state index in [1.807, 2.05) is 0 Å². The molecule has 1 aliphatic carbocycles. The molecule has 0 unspecified atom stereocenters. The number of alkyl halides is 3. The molecule has 11 heteroatoms. The highest BCUT2D eigenvalue weighted by atomic mass is 32.1. The Kier molecular flexibility index (Phi) is 4.53. The Morgan fingerprint density at radius 1 is 1.25 bits per heavy atom. The molecule has 7 nitrogen and oxygen atoms in total. The molecular weight excluding hydrogens is 395 g/mol. The number of amides is 2. The number of pyridine rings is 1. The molecule has 146 valence electrons. The van der Waals surface area contributed by atoms with Gasteiger partial charge in [-0.15, -0.1) is 0 Å². The zero-order chi connectivity index (χ0) is 19.9. The average Bonchev–Trinajstić information content (AvgIpc) is 3.23. The summed E-state index contributed by atoms with van der Waals surface area (Å²) in [5.41, 5.74) is 1.27. The molecule has 0 aromatic carbocycles. The van der Waals surface area contributed by atoms with Gasteiger partial charge in [0.2, 0.25) is 5.91 Å². The number of nitrogens with one attached hydrogen (secondary N) is 2. The van der Waals surface area contributed by atoms with Gasteiger partial charge in [0, 0.05) is 17.7 Å². The summed E-state index contributed by atoms with van der Waals surface area (Å²) in [6.45, 7) is -1.41. The fourth-order valence-corrected chi connectivity index (χ4v) is 3.28. The first-order chi connectivity index (χ1) is 13.3. The van der Waals surface area contributed by atoms with Gasteiger partial charge in [-0.3, -0.25) is 9.59 Å². The number of aromatic nitrogens is 3. The third-order valence-electron chi connectivity index (χ3n) is 4.13. The van der Waals surface area contributed by atoms with Gasteiger partial charge in [-0.2, -0.15) is 17.5 Å². The number of imidazole rings is 1. The molecule has 1 fully saturated rings. The zero-order valence-corrected chi connectivity index (χ0v) is 15.1. The Labute approximate surface area is 160 Å². The fraction of sp³-hybridized carbons (Fsp3) is 0.294. The van der Waals surface area contributed by atoms with E-state index in [0.717, 1.165) is 29.9 Å². The van der Waals surface area contributed by atoms with Crippen LogP contribution in [-0.4, -0.2) is 38.3 Å². The van der Waals surface area contributed by atoms with E-state index in [4.69, 9.17) is 0 Å². The van der Waals surface area contributed by atoms with Crippen LogP contribution >= 0.6 is 11.5 Å². The Morgan fingerprint density at radius 2 is 2.04 bits per heavy atom. The molecule has 2 N–H and O–H groups in total. The molecular formula is C17H14F3N5O2S. The van der Waals surface area contributed by atoms with Crippen molar-refractivity contribution in [1.29, 1.82) is 0 Å². The van der Waals surface area contributed by atoms with Crippen LogP contribution < -0.4 is 10.6 Å². The lowest BCUT2D eigenvalue weighted by Crippen LogP contribution is -2.33. The highest BCUT2D eigenvalue weighted by Gasteiger charge is 2.30. The Bertz CT molecular complexity index is 1050. The number of halogens is 3. The Morgan fingerprint density at radius 3 is 2.75 bits per heavy atom. The molecule has 28 heavy (non-hydrogen) atoms. The largest absolute Gasteiger partial charge is 0.405 e. The summed E-state index contributed by atoms with van der Waals surface area (Å²) in [4.78, 5) is 28.6. The van der Waals surface area contributed by atoms with Crippen molar-refractivity contribution in [1.82, 2.24) is 19.1 Å². The van der Waals surface area contributed by atoms with Gasteiger partial charge in [-0.05, 0) is 42.6 Å². The SMILES string of the molecule is O=C(NCC(F)(F)F)c1cc(-c2ccc3nc(NC(=O)C4CC4)cn3c2)sn1. The van der Waals surface area contributed by atoms with E-state index in [2.05, 4.69) is 14.7 Å². The Hall–Kier alpha value is -2.95. The summed E-state index contributed by atoms with van der Waals surface area (Å²) in [5, 5.41) is 4.57. The molecule has 3 aromatic rings. The van der Waals surface area contributed by atoms with Crippen molar-refractivity contribution in [3.05, 3.63) is 36.3 Å². The molecule has 2 amide bonds. The molecule has 1 saturated carbocycles. The van der Waals surface area contributed by atoms with Crippen molar-refractivity contribution in [3.63, 3.8) is 0 Å².